The Labute approximate surface area is 128 Å². The molecule has 1 aliphatic rings. The normalized spacial score (nSPS) is 27.0. The smallest absolute Gasteiger partial charge is 0.00966 e. The predicted molar refractivity (Wildman–Crippen MR) is 91.1 cm³/mol. The number of hydrogen-bond acceptors (Lipinski definition) is 1. The van der Waals surface area contributed by atoms with Crippen molar-refractivity contribution >= 4 is 0 Å². The van der Waals surface area contributed by atoms with Gasteiger partial charge in [0.2, 0.25) is 0 Å². The second kappa shape index (κ2) is 7.29. The van der Waals surface area contributed by atoms with Crippen LogP contribution in [0.1, 0.15) is 87.0 Å². The minimum Gasteiger partial charge on any atom is -0.312 e. The topological polar surface area (TPSA) is 12.0 Å². The van der Waals surface area contributed by atoms with Gasteiger partial charge in [-0.15, -0.1) is 0 Å². The number of hydrogen-bond donors (Lipinski definition) is 1. The van der Waals surface area contributed by atoms with E-state index in [1.54, 1.807) is 0 Å². The summed E-state index contributed by atoms with van der Waals surface area (Å²) in [6.07, 6.45) is 8.52. The van der Waals surface area contributed by atoms with Crippen molar-refractivity contribution in [3.8, 4) is 0 Å². The van der Waals surface area contributed by atoms with Crippen LogP contribution in [0.4, 0.5) is 0 Å². The third-order valence-electron chi connectivity index (χ3n) is 4.92. The molecule has 20 heavy (non-hydrogen) atoms. The van der Waals surface area contributed by atoms with Gasteiger partial charge in [0.1, 0.15) is 0 Å². The molecular weight excluding hydrogens is 242 g/mol. The molecule has 0 aromatic heterocycles. The van der Waals surface area contributed by atoms with E-state index in [4.69, 9.17) is 0 Å². The minimum absolute atomic E-state index is 0.259. The molecular formula is C19H39N. The summed E-state index contributed by atoms with van der Waals surface area (Å²) in [6, 6.07) is 0. The van der Waals surface area contributed by atoms with E-state index in [0.717, 1.165) is 17.8 Å². The van der Waals surface area contributed by atoms with E-state index in [1.807, 2.05) is 0 Å². The second-order valence-electron chi connectivity index (χ2n) is 9.38. The summed E-state index contributed by atoms with van der Waals surface area (Å²) >= 11 is 0. The highest BCUT2D eigenvalue weighted by atomic mass is 14.9. The van der Waals surface area contributed by atoms with E-state index in [1.165, 1.54) is 45.1 Å². The first kappa shape index (κ1) is 18.0. The Morgan fingerprint density at radius 2 is 1.80 bits per heavy atom. The van der Waals surface area contributed by atoms with Gasteiger partial charge in [-0.25, -0.2) is 0 Å². The molecule has 0 amide bonds. The maximum absolute atomic E-state index is 3.75. The fourth-order valence-corrected chi connectivity index (χ4v) is 3.62. The van der Waals surface area contributed by atoms with Crippen molar-refractivity contribution < 1.29 is 0 Å². The van der Waals surface area contributed by atoms with Crippen molar-refractivity contribution in [2.45, 2.75) is 92.5 Å². The zero-order chi connectivity index (χ0) is 15.4. The van der Waals surface area contributed by atoms with Gasteiger partial charge in [0, 0.05) is 5.54 Å². The van der Waals surface area contributed by atoms with E-state index >= 15 is 0 Å². The lowest BCUT2D eigenvalue weighted by Gasteiger charge is -2.42. The van der Waals surface area contributed by atoms with Gasteiger partial charge in [-0.2, -0.15) is 0 Å². The quantitative estimate of drug-likeness (QED) is 0.664. The lowest BCUT2D eigenvalue weighted by atomic mass is 9.65. The molecule has 0 radical (unpaired) electrons. The van der Waals surface area contributed by atoms with E-state index in [2.05, 4.69) is 53.8 Å². The highest BCUT2D eigenvalue weighted by Crippen LogP contribution is 2.43. The summed E-state index contributed by atoms with van der Waals surface area (Å²) in [4.78, 5) is 0. The van der Waals surface area contributed by atoms with E-state index in [9.17, 15) is 0 Å². The largest absolute Gasteiger partial charge is 0.312 e. The molecule has 0 aliphatic heterocycles. The van der Waals surface area contributed by atoms with Gasteiger partial charge in [0.25, 0.3) is 0 Å². The minimum atomic E-state index is 0.259. The average molecular weight is 282 g/mol. The van der Waals surface area contributed by atoms with Crippen molar-refractivity contribution in [3.63, 3.8) is 0 Å². The van der Waals surface area contributed by atoms with Crippen molar-refractivity contribution in [1.82, 2.24) is 5.32 Å². The summed E-state index contributed by atoms with van der Waals surface area (Å²) in [5.74, 6) is 2.69. The maximum atomic E-state index is 3.75. The average Bonchev–Trinajstić information content (AvgIpc) is 2.25. The second-order valence-corrected chi connectivity index (χ2v) is 9.38. The first-order valence-electron chi connectivity index (χ1n) is 8.84. The summed E-state index contributed by atoms with van der Waals surface area (Å²) in [5, 5.41) is 3.75. The SMILES string of the molecule is CC(C)CCCC1CC(C)(C)CCC1CNC(C)(C)C. The van der Waals surface area contributed by atoms with Gasteiger partial charge in [0.05, 0.1) is 0 Å². The Hall–Kier alpha value is -0.0400. The van der Waals surface area contributed by atoms with Crippen LogP contribution < -0.4 is 5.32 Å². The van der Waals surface area contributed by atoms with Crippen LogP contribution >= 0.6 is 0 Å². The maximum Gasteiger partial charge on any atom is 0.00966 e. The molecule has 1 rings (SSSR count). The standard InChI is InChI=1S/C19H39N/c1-15(2)9-8-10-16-13-19(6,7)12-11-17(16)14-20-18(3,4)5/h15-17,20H,8-14H2,1-7H3. The third kappa shape index (κ3) is 7.11. The van der Waals surface area contributed by atoms with Gasteiger partial charge in [0.15, 0.2) is 0 Å². The highest BCUT2D eigenvalue weighted by molar-refractivity contribution is 4.87. The molecule has 1 heteroatoms. The molecule has 1 saturated carbocycles. The summed E-state index contributed by atoms with van der Waals surface area (Å²) < 4.78 is 0. The van der Waals surface area contributed by atoms with Crippen LogP contribution in [0.15, 0.2) is 0 Å². The molecule has 1 aliphatic carbocycles. The number of nitrogens with one attached hydrogen (secondary N) is 1. The van der Waals surface area contributed by atoms with E-state index < -0.39 is 0 Å². The molecule has 0 aromatic carbocycles. The van der Waals surface area contributed by atoms with Crippen LogP contribution in [0, 0.1) is 23.2 Å². The molecule has 1 fully saturated rings. The van der Waals surface area contributed by atoms with E-state index in [-0.39, 0.29) is 5.54 Å². The van der Waals surface area contributed by atoms with Crippen molar-refractivity contribution in [2.24, 2.45) is 23.2 Å². The molecule has 0 aromatic rings. The van der Waals surface area contributed by atoms with Crippen LogP contribution in [0.3, 0.4) is 0 Å². The molecule has 2 atom stereocenters. The monoisotopic (exact) mass is 281 g/mol. The van der Waals surface area contributed by atoms with Crippen LogP contribution in [0.25, 0.3) is 0 Å². The first-order chi connectivity index (χ1) is 9.09. The summed E-state index contributed by atoms with van der Waals surface area (Å²) in [6.45, 7) is 17.7. The van der Waals surface area contributed by atoms with Gasteiger partial charge in [-0.05, 0) is 69.7 Å². The number of rotatable bonds is 6. The molecule has 2 unspecified atom stereocenters. The van der Waals surface area contributed by atoms with Gasteiger partial charge in [-0.3, -0.25) is 0 Å². The first-order valence-corrected chi connectivity index (χ1v) is 8.84. The molecule has 1 nitrogen and oxygen atoms in total. The molecule has 0 spiro atoms. The van der Waals surface area contributed by atoms with E-state index in [0.29, 0.717) is 5.41 Å². The summed E-state index contributed by atoms with van der Waals surface area (Å²) in [7, 11) is 0. The molecule has 120 valence electrons. The van der Waals surface area contributed by atoms with Crippen LogP contribution in [-0.2, 0) is 0 Å². The molecule has 0 bridgehead atoms. The van der Waals surface area contributed by atoms with Gasteiger partial charge >= 0.3 is 0 Å². The Balaban J connectivity index is 2.51. The molecule has 0 heterocycles. The predicted octanol–water partition coefficient (Wildman–Crippen LogP) is 5.64. The Morgan fingerprint density at radius 1 is 1.15 bits per heavy atom. The van der Waals surface area contributed by atoms with Gasteiger partial charge < -0.3 is 5.32 Å². The molecule has 1 N–H and O–H groups in total. The van der Waals surface area contributed by atoms with Crippen molar-refractivity contribution in [1.29, 1.82) is 0 Å². The fourth-order valence-electron chi connectivity index (χ4n) is 3.62. The van der Waals surface area contributed by atoms with Gasteiger partial charge in [-0.1, -0.05) is 47.0 Å². The summed E-state index contributed by atoms with van der Waals surface area (Å²) in [5.41, 5.74) is 0.830. The Kier molecular flexibility index (Phi) is 6.57. The van der Waals surface area contributed by atoms with Crippen LogP contribution in [0.5, 0.6) is 0 Å². The fraction of sp³-hybridized carbons (Fsp3) is 1.00. The third-order valence-corrected chi connectivity index (χ3v) is 4.92. The van der Waals surface area contributed by atoms with Crippen molar-refractivity contribution in [3.05, 3.63) is 0 Å². The Morgan fingerprint density at radius 3 is 2.35 bits per heavy atom. The van der Waals surface area contributed by atoms with Crippen molar-refractivity contribution in [2.75, 3.05) is 6.54 Å². The highest BCUT2D eigenvalue weighted by Gasteiger charge is 2.34. The zero-order valence-corrected chi connectivity index (χ0v) is 15.2. The molecule has 0 saturated heterocycles. The lowest BCUT2D eigenvalue weighted by molar-refractivity contribution is 0.103. The van der Waals surface area contributed by atoms with Crippen LogP contribution in [-0.4, -0.2) is 12.1 Å². The lowest BCUT2D eigenvalue weighted by Crippen LogP contribution is -2.43. The Bertz CT molecular complexity index is 272. The van der Waals surface area contributed by atoms with Crippen LogP contribution in [0.2, 0.25) is 0 Å². The zero-order valence-electron chi connectivity index (χ0n) is 15.2.